The van der Waals surface area contributed by atoms with Gasteiger partial charge in [-0.25, -0.2) is 0 Å². The first kappa shape index (κ1) is 21.2. The second-order valence-electron chi connectivity index (χ2n) is 6.89. The van der Waals surface area contributed by atoms with Gasteiger partial charge in [-0.1, -0.05) is 54.1 Å². The summed E-state index contributed by atoms with van der Waals surface area (Å²) in [5.74, 6) is 0.0641. The Kier molecular flexibility index (Phi) is 6.90. The van der Waals surface area contributed by atoms with Crippen molar-refractivity contribution < 1.29 is 9.53 Å². The number of rotatable bonds is 6. The number of benzene rings is 3. The van der Waals surface area contributed by atoms with Crippen LogP contribution in [0.1, 0.15) is 22.3 Å². The van der Waals surface area contributed by atoms with Crippen LogP contribution in [0, 0.1) is 25.2 Å². The molecule has 0 heterocycles. The van der Waals surface area contributed by atoms with E-state index < -0.39 is 5.91 Å². The van der Waals surface area contributed by atoms with Crippen LogP contribution in [-0.4, -0.2) is 5.91 Å². The summed E-state index contributed by atoms with van der Waals surface area (Å²) in [6, 6.07) is 22.3. The lowest BCUT2D eigenvalue weighted by molar-refractivity contribution is -0.112. The summed E-state index contributed by atoms with van der Waals surface area (Å²) in [6.45, 7) is 4.53. The first-order valence-electron chi connectivity index (χ1n) is 9.43. The van der Waals surface area contributed by atoms with E-state index in [4.69, 9.17) is 16.3 Å². The molecule has 3 aromatic rings. The Balaban J connectivity index is 1.70. The lowest BCUT2D eigenvalue weighted by Gasteiger charge is -2.10. The number of hydrogen-bond donors (Lipinski definition) is 1. The highest BCUT2D eigenvalue weighted by molar-refractivity contribution is 6.32. The van der Waals surface area contributed by atoms with E-state index in [1.54, 1.807) is 30.3 Å². The van der Waals surface area contributed by atoms with Gasteiger partial charge in [-0.15, -0.1) is 0 Å². The molecule has 3 aromatic carbocycles. The van der Waals surface area contributed by atoms with Crippen molar-refractivity contribution in [1.82, 2.24) is 0 Å². The van der Waals surface area contributed by atoms with Gasteiger partial charge >= 0.3 is 0 Å². The Labute approximate surface area is 181 Å². The third-order valence-electron chi connectivity index (χ3n) is 4.63. The molecule has 0 aliphatic carbocycles. The van der Waals surface area contributed by atoms with E-state index in [0.29, 0.717) is 28.6 Å². The molecule has 4 nitrogen and oxygen atoms in total. The lowest BCUT2D eigenvalue weighted by Crippen LogP contribution is -2.13. The summed E-state index contributed by atoms with van der Waals surface area (Å²) in [5.41, 5.74) is 4.74. The molecule has 0 aliphatic rings. The highest BCUT2D eigenvalue weighted by atomic mass is 35.5. The number of nitrogens with zero attached hydrogens (tertiary/aromatic N) is 1. The molecule has 1 amide bonds. The number of anilines is 1. The third-order valence-corrected chi connectivity index (χ3v) is 4.92. The van der Waals surface area contributed by atoms with Crippen LogP contribution >= 0.6 is 11.6 Å². The molecule has 150 valence electrons. The quantitative estimate of drug-likeness (QED) is 0.391. The first-order chi connectivity index (χ1) is 14.5. The van der Waals surface area contributed by atoms with Gasteiger partial charge in [-0.05, 0) is 66.4 Å². The van der Waals surface area contributed by atoms with Crippen LogP contribution in [0.3, 0.4) is 0 Å². The Morgan fingerprint density at radius 1 is 1.07 bits per heavy atom. The molecular formula is C25H21ClN2O2. The van der Waals surface area contributed by atoms with Crippen molar-refractivity contribution in [1.29, 1.82) is 5.26 Å². The largest absolute Gasteiger partial charge is 0.487 e. The number of hydrogen-bond acceptors (Lipinski definition) is 3. The third kappa shape index (κ3) is 5.50. The van der Waals surface area contributed by atoms with Gasteiger partial charge in [-0.3, -0.25) is 4.79 Å². The van der Waals surface area contributed by atoms with E-state index in [1.165, 1.54) is 17.2 Å². The summed E-state index contributed by atoms with van der Waals surface area (Å²) in [6.07, 6.45) is 1.50. The predicted octanol–water partition coefficient (Wildman–Crippen LogP) is 6.08. The number of para-hydroxylation sites is 1. The Bertz CT molecular complexity index is 1130. The van der Waals surface area contributed by atoms with Crippen molar-refractivity contribution in [3.63, 3.8) is 0 Å². The van der Waals surface area contributed by atoms with Crippen molar-refractivity contribution >= 4 is 29.3 Å². The van der Waals surface area contributed by atoms with Gasteiger partial charge in [-0.2, -0.15) is 5.26 Å². The molecule has 0 aliphatic heterocycles. The Morgan fingerprint density at radius 3 is 2.50 bits per heavy atom. The fourth-order valence-corrected chi connectivity index (χ4v) is 3.06. The van der Waals surface area contributed by atoms with Gasteiger partial charge in [0.1, 0.15) is 24.0 Å². The van der Waals surface area contributed by atoms with Crippen LogP contribution in [-0.2, 0) is 11.4 Å². The standard InChI is InChI=1S/C25H21ClN2O2/c1-17-8-9-20(12-18(17)2)16-30-24-11-10-19(14-23(24)26)13-21(15-27)25(29)28-22-6-4-3-5-7-22/h3-14H,16H2,1-2H3,(H,28,29)/b21-13+. The average Bonchev–Trinajstić information content (AvgIpc) is 2.74. The maximum absolute atomic E-state index is 12.4. The number of carbonyl (C=O) groups is 1. The molecule has 0 aromatic heterocycles. The number of carbonyl (C=O) groups excluding carboxylic acids is 1. The second-order valence-corrected chi connectivity index (χ2v) is 7.29. The van der Waals surface area contributed by atoms with Gasteiger partial charge in [0.05, 0.1) is 5.02 Å². The molecule has 0 unspecified atom stereocenters. The number of nitriles is 1. The van der Waals surface area contributed by atoms with Crippen molar-refractivity contribution in [2.45, 2.75) is 20.5 Å². The van der Waals surface area contributed by atoms with Gasteiger partial charge in [0, 0.05) is 5.69 Å². The van der Waals surface area contributed by atoms with Gasteiger partial charge < -0.3 is 10.1 Å². The number of amides is 1. The zero-order chi connectivity index (χ0) is 21.5. The molecule has 0 saturated carbocycles. The highest BCUT2D eigenvalue weighted by Crippen LogP contribution is 2.27. The first-order valence-corrected chi connectivity index (χ1v) is 9.81. The minimum absolute atomic E-state index is 0.0151. The van der Waals surface area contributed by atoms with Crippen molar-refractivity contribution in [3.05, 3.63) is 99.6 Å². The molecule has 5 heteroatoms. The van der Waals surface area contributed by atoms with Crippen LogP contribution < -0.4 is 10.1 Å². The van der Waals surface area contributed by atoms with Crippen molar-refractivity contribution in [2.75, 3.05) is 5.32 Å². The van der Waals surface area contributed by atoms with E-state index in [9.17, 15) is 10.1 Å². The van der Waals surface area contributed by atoms with E-state index in [1.807, 2.05) is 30.3 Å². The minimum Gasteiger partial charge on any atom is -0.487 e. The molecule has 0 bridgehead atoms. The molecule has 0 spiro atoms. The summed E-state index contributed by atoms with van der Waals surface area (Å²) in [7, 11) is 0. The number of aryl methyl sites for hydroxylation is 2. The van der Waals surface area contributed by atoms with Crippen LogP contribution in [0.5, 0.6) is 5.75 Å². The number of ether oxygens (including phenoxy) is 1. The monoisotopic (exact) mass is 416 g/mol. The van der Waals surface area contributed by atoms with Gasteiger partial charge in [0.2, 0.25) is 0 Å². The van der Waals surface area contributed by atoms with E-state index >= 15 is 0 Å². The average molecular weight is 417 g/mol. The minimum atomic E-state index is -0.477. The SMILES string of the molecule is Cc1ccc(COc2ccc(/C=C(\C#N)C(=O)Nc3ccccc3)cc2Cl)cc1C. The smallest absolute Gasteiger partial charge is 0.266 e. The molecule has 30 heavy (non-hydrogen) atoms. The summed E-state index contributed by atoms with van der Waals surface area (Å²) >= 11 is 6.35. The fourth-order valence-electron chi connectivity index (χ4n) is 2.81. The lowest BCUT2D eigenvalue weighted by atomic mass is 10.1. The normalized spacial score (nSPS) is 10.9. The summed E-state index contributed by atoms with van der Waals surface area (Å²) in [5, 5.41) is 12.5. The molecule has 1 N–H and O–H groups in total. The maximum Gasteiger partial charge on any atom is 0.266 e. The van der Waals surface area contributed by atoms with Crippen LogP contribution in [0.2, 0.25) is 5.02 Å². The van der Waals surface area contributed by atoms with Crippen molar-refractivity contribution in [3.8, 4) is 11.8 Å². The molecule has 3 rings (SSSR count). The molecule has 0 atom stereocenters. The van der Waals surface area contributed by atoms with E-state index in [-0.39, 0.29) is 5.57 Å². The second kappa shape index (κ2) is 9.78. The topological polar surface area (TPSA) is 62.1 Å². The zero-order valence-electron chi connectivity index (χ0n) is 16.8. The molecule has 0 saturated heterocycles. The maximum atomic E-state index is 12.4. The predicted molar refractivity (Wildman–Crippen MR) is 120 cm³/mol. The van der Waals surface area contributed by atoms with Crippen molar-refractivity contribution in [2.24, 2.45) is 0 Å². The van der Waals surface area contributed by atoms with Crippen LogP contribution in [0.4, 0.5) is 5.69 Å². The van der Waals surface area contributed by atoms with Gasteiger partial charge in [0.15, 0.2) is 0 Å². The molecular weight excluding hydrogens is 396 g/mol. The Morgan fingerprint density at radius 2 is 1.83 bits per heavy atom. The fraction of sp³-hybridized carbons (Fsp3) is 0.120. The molecule has 0 radical (unpaired) electrons. The van der Waals surface area contributed by atoms with Gasteiger partial charge in [0.25, 0.3) is 5.91 Å². The Hall–Kier alpha value is -3.55. The molecule has 0 fully saturated rings. The van der Waals surface area contributed by atoms with E-state index in [0.717, 1.165) is 5.56 Å². The number of nitrogens with one attached hydrogen (secondary N) is 1. The zero-order valence-corrected chi connectivity index (χ0v) is 17.5. The van der Waals surface area contributed by atoms with E-state index in [2.05, 4.69) is 31.3 Å². The summed E-state index contributed by atoms with van der Waals surface area (Å²) < 4.78 is 5.83. The van der Waals surface area contributed by atoms with Crippen LogP contribution in [0.25, 0.3) is 6.08 Å². The number of halogens is 1. The summed E-state index contributed by atoms with van der Waals surface area (Å²) in [4.78, 5) is 12.4. The highest BCUT2D eigenvalue weighted by Gasteiger charge is 2.10. The van der Waals surface area contributed by atoms with Crippen LogP contribution in [0.15, 0.2) is 72.3 Å².